The summed E-state index contributed by atoms with van der Waals surface area (Å²) < 4.78 is 16.9. The Bertz CT molecular complexity index is 595. The lowest BCUT2D eigenvalue weighted by Gasteiger charge is -2.10. The highest BCUT2D eigenvalue weighted by Crippen LogP contribution is 2.32. The fourth-order valence-electron chi connectivity index (χ4n) is 1.44. The largest absolute Gasteiger partial charge is 0.384 e. The summed E-state index contributed by atoms with van der Waals surface area (Å²) in [4.78, 5) is 4.48. The zero-order valence-corrected chi connectivity index (χ0v) is 17.2. The van der Waals surface area contributed by atoms with Crippen molar-refractivity contribution in [2.24, 2.45) is 5.73 Å². The second-order valence-corrected chi connectivity index (χ2v) is 6.43. The van der Waals surface area contributed by atoms with E-state index in [0.717, 1.165) is 23.5 Å². The summed E-state index contributed by atoms with van der Waals surface area (Å²) in [6.45, 7) is 10.5. The van der Waals surface area contributed by atoms with Crippen LogP contribution in [-0.4, -0.2) is 18.1 Å². The predicted octanol–water partition coefficient (Wildman–Crippen LogP) is 6.03. The zero-order valence-electron chi connectivity index (χ0n) is 14.8. The molecular weight excluding hydrogens is 379 g/mol. The number of halogens is 2. The number of aromatic nitrogens is 1. The third kappa shape index (κ3) is 9.69. The highest BCUT2D eigenvalue weighted by molar-refractivity contribution is 8.00. The fourth-order valence-corrected chi connectivity index (χ4v) is 3.01. The Kier molecular flexibility index (Phi) is 14.2. The van der Waals surface area contributed by atoms with Gasteiger partial charge >= 0.3 is 0 Å². The van der Waals surface area contributed by atoms with Gasteiger partial charge in [-0.1, -0.05) is 31.5 Å². The number of hydrogen-bond donors (Lipinski definition) is 3. The first-order valence-corrected chi connectivity index (χ1v) is 10.0. The first kappa shape index (κ1) is 23.7. The normalized spacial score (nSPS) is 9.20. The molecule has 2 aromatic rings. The maximum atomic E-state index is 14.0. The lowest BCUT2D eigenvalue weighted by Crippen LogP contribution is -2.09. The maximum absolute atomic E-state index is 14.0. The number of nitrogens with one attached hydrogen (secondary N) is 2. The Morgan fingerprint density at radius 1 is 1.44 bits per heavy atom. The van der Waals surface area contributed by atoms with Gasteiger partial charge in [0.25, 0.3) is 0 Å². The molecule has 1 aromatic carbocycles. The summed E-state index contributed by atoms with van der Waals surface area (Å²) >= 11 is 8.72. The van der Waals surface area contributed by atoms with Gasteiger partial charge in [0, 0.05) is 18.1 Å². The van der Waals surface area contributed by atoms with Gasteiger partial charge < -0.3 is 15.8 Å². The number of rotatable bonds is 7. The standard InChI is InChI=1S/C12H14ClFN4S2.C3H6.C2H6/c13-8-6-11(20-18-12-17-4-5-19-12)9(14)7-10(8)16-3-1-2-15;1-3-2;1-2/h4-7,16H,1-3,15H2,(H,17,18);3H,1H2,2H3;1-2H3. The summed E-state index contributed by atoms with van der Waals surface area (Å²) in [5.41, 5.74) is 5.99. The molecule has 0 atom stereocenters. The van der Waals surface area contributed by atoms with Crippen LogP contribution in [0.1, 0.15) is 27.2 Å². The van der Waals surface area contributed by atoms with E-state index in [1.165, 1.54) is 17.4 Å². The van der Waals surface area contributed by atoms with Crippen LogP contribution in [0.3, 0.4) is 0 Å². The molecule has 8 heteroatoms. The average molecular weight is 405 g/mol. The minimum atomic E-state index is -0.335. The van der Waals surface area contributed by atoms with Crippen LogP contribution < -0.4 is 15.8 Å². The molecule has 0 amide bonds. The lowest BCUT2D eigenvalue weighted by molar-refractivity contribution is 0.602. The molecule has 0 aliphatic rings. The Morgan fingerprint density at radius 2 is 2.12 bits per heavy atom. The number of hydrogen-bond acceptors (Lipinski definition) is 6. The fraction of sp³-hybridized carbons (Fsp3) is 0.353. The van der Waals surface area contributed by atoms with Crippen LogP contribution in [0.2, 0.25) is 5.02 Å². The molecule has 1 heterocycles. The van der Waals surface area contributed by atoms with Gasteiger partial charge in [0.1, 0.15) is 5.82 Å². The SMILES string of the molecule is C=CC.CC.NCCCNc1cc(F)c(SNc2nccs2)cc1Cl. The monoisotopic (exact) mass is 404 g/mol. The maximum Gasteiger partial charge on any atom is 0.192 e. The number of allylic oxidation sites excluding steroid dienone is 1. The molecule has 2 rings (SSSR count). The molecule has 1 aromatic heterocycles. The smallest absolute Gasteiger partial charge is 0.192 e. The van der Waals surface area contributed by atoms with Crippen LogP contribution in [0.4, 0.5) is 15.2 Å². The molecule has 4 nitrogen and oxygen atoms in total. The first-order chi connectivity index (χ1) is 12.1. The minimum absolute atomic E-state index is 0.335. The van der Waals surface area contributed by atoms with E-state index in [2.05, 4.69) is 21.6 Å². The van der Waals surface area contributed by atoms with Crippen LogP contribution >= 0.6 is 34.9 Å². The van der Waals surface area contributed by atoms with Crippen LogP contribution in [0.5, 0.6) is 0 Å². The second kappa shape index (κ2) is 15.0. The van der Waals surface area contributed by atoms with Crippen molar-refractivity contribution in [1.29, 1.82) is 0 Å². The molecule has 140 valence electrons. The number of nitrogens with two attached hydrogens (primary N) is 1. The van der Waals surface area contributed by atoms with Gasteiger partial charge in [-0.2, -0.15) is 0 Å². The third-order valence-corrected chi connectivity index (χ3v) is 4.36. The van der Waals surface area contributed by atoms with Crippen molar-refractivity contribution in [2.75, 3.05) is 23.1 Å². The molecule has 0 radical (unpaired) electrons. The van der Waals surface area contributed by atoms with E-state index in [-0.39, 0.29) is 5.82 Å². The zero-order chi connectivity index (χ0) is 19.1. The third-order valence-electron chi connectivity index (χ3n) is 2.40. The highest BCUT2D eigenvalue weighted by atomic mass is 35.5. The highest BCUT2D eigenvalue weighted by Gasteiger charge is 2.10. The molecule has 0 fully saturated rings. The molecule has 0 bridgehead atoms. The Morgan fingerprint density at radius 3 is 2.68 bits per heavy atom. The molecule has 4 N–H and O–H groups in total. The van der Waals surface area contributed by atoms with E-state index in [9.17, 15) is 4.39 Å². The molecule has 0 aliphatic carbocycles. The van der Waals surface area contributed by atoms with Crippen molar-refractivity contribution in [1.82, 2.24) is 4.98 Å². The van der Waals surface area contributed by atoms with Gasteiger partial charge in [-0.25, -0.2) is 9.37 Å². The quantitative estimate of drug-likeness (QED) is 0.298. The number of benzene rings is 1. The van der Waals surface area contributed by atoms with Gasteiger partial charge in [0.05, 0.1) is 15.6 Å². The van der Waals surface area contributed by atoms with Crippen LogP contribution in [0.15, 0.2) is 41.3 Å². The van der Waals surface area contributed by atoms with Crippen molar-refractivity contribution in [3.05, 3.63) is 47.2 Å². The van der Waals surface area contributed by atoms with E-state index in [4.69, 9.17) is 17.3 Å². The van der Waals surface area contributed by atoms with Gasteiger partial charge in [0.2, 0.25) is 0 Å². The molecular formula is C17H26ClFN4S2. The van der Waals surface area contributed by atoms with Crippen LogP contribution in [-0.2, 0) is 0 Å². The van der Waals surface area contributed by atoms with Gasteiger partial charge in [0.15, 0.2) is 5.13 Å². The molecule has 25 heavy (non-hydrogen) atoms. The van der Waals surface area contributed by atoms with E-state index >= 15 is 0 Å². The van der Waals surface area contributed by atoms with E-state index in [0.29, 0.717) is 28.7 Å². The van der Waals surface area contributed by atoms with Gasteiger partial charge in [-0.15, -0.1) is 17.9 Å². The Balaban J connectivity index is 0.00000104. The summed E-state index contributed by atoms with van der Waals surface area (Å²) in [7, 11) is 0. The van der Waals surface area contributed by atoms with E-state index in [1.54, 1.807) is 18.3 Å². The Hall–Kier alpha value is -1.28. The lowest BCUT2D eigenvalue weighted by atomic mass is 10.3. The Labute approximate surface area is 163 Å². The predicted molar refractivity (Wildman–Crippen MR) is 112 cm³/mol. The summed E-state index contributed by atoms with van der Waals surface area (Å²) in [5.74, 6) is -0.335. The van der Waals surface area contributed by atoms with E-state index < -0.39 is 0 Å². The average Bonchev–Trinajstić information content (AvgIpc) is 3.12. The summed E-state index contributed by atoms with van der Waals surface area (Å²) in [6, 6.07) is 2.98. The van der Waals surface area contributed by atoms with Crippen LogP contribution in [0.25, 0.3) is 0 Å². The van der Waals surface area contributed by atoms with Crippen molar-refractivity contribution in [3.63, 3.8) is 0 Å². The molecule has 0 spiro atoms. The van der Waals surface area contributed by atoms with Gasteiger partial charge in [-0.05, 0) is 44.0 Å². The molecule has 0 aliphatic heterocycles. The molecule has 0 unspecified atom stereocenters. The van der Waals surface area contributed by atoms with Crippen molar-refractivity contribution in [2.45, 2.75) is 32.1 Å². The number of thiazole rings is 1. The first-order valence-electron chi connectivity index (χ1n) is 7.94. The number of anilines is 2. The topological polar surface area (TPSA) is 63.0 Å². The summed E-state index contributed by atoms with van der Waals surface area (Å²) in [5, 5.41) is 6.10. The number of nitrogens with zero attached hydrogens (tertiary/aromatic N) is 1. The summed E-state index contributed by atoms with van der Waals surface area (Å²) in [6.07, 6.45) is 4.24. The van der Waals surface area contributed by atoms with E-state index in [1.807, 2.05) is 26.2 Å². The van der Waals surface area contributed by atoms with Crippen molar-refractivity contribution >= 4 is 45.7 Å². The van der Waals surface area contributed by atoms with Crippen molar-refractivity contribution < 1.29 is 4.39 Å². The minimum Gasteiger partial charge on any atom is -0.384 e. The molecule has 0 saturated carbocycles. The second-order valence-electron chi connectivity index (χ2n) is 4.28. The molecule has 0 saturated heterocycles. The van der Waals surface area contributed by atoms with Gasteiger partial charge in [-0.3, -0.25) is 0 Å². The van der Waals surface area contributed by atoms with Crippen molar-refractivity contribution in [3.8, 4) is 0 Å². The van der Waals surface area contributed by atoms with Crippen LogP contribution in [0, 0.1) is 5.82 Å².